The van der Waals surface area contributed by atoms with Crippen molar-refractivity contribution in [1.82, 2.24) is 4.90 Å². The van der Waals surface area contributed by atoms with E-state index in [9.17, 15) is 8.76 Å². The summed E-state index contributed by atoms with van der Waals surface area (Å²) in [5.74, 6) is 0.873. The van der Waals surface area contributed by atoms with Gasteiger partial charge in [-0.1, -0.05) is 29.9 Å². The first kappa shape index (κ1) is 16.4. The van der Waals surface area contributed by atoms with Crippen LogP contribution in [0, 0.1) is 6.92 Å². The summed E-state index contributed by atoms with van der Waals surface area (Å²) in [6.07, 6.45) is 0. The fraction of sp³-hybridized carbons (Fsp3) is 0.385. The SMILES string of the molecule is Cc1ccc(S(=O)(O)=NSC(=S)C2=[N+](C)CCN2C)cc1. The summed E-state index contributed by atoms with van der Waals surface area (Å²) in [6.45, 7) is 3.70. The third kappa shape index (κ3) is 3.82. The number of aryl methyl sites for hydroxylation is 1. The van der Waals surface area contributed by atoms with Crippen LogP contribution in [0.3, 0.4) is 0 Å². The van der Waals surface area contributed by atoms with Gasteiger partial charge in [0.25, 0.3) is 5.84 Å². The normalized spacial score (nSPS) is 17.8. The first-order valence-electron chi connectivity index (χ1n) is 6.37. The summed E-state index contributed by atoms with van der Waals surface area (Å²) >= 11 is 6.22. The van der Waals surface area contributed by atoms with Gasteiger partial charge in [0.1, 0.15) is 13.1 Å². The van der Waals surface area contributed by atoms with Crippen LogP contribution in [-0.4, -0.2) is 55.5 Å². The van der Waals surface area contributed by atoms with Gasteiger partial charge in [0, 0.05) is 11.9 Å². The molecule has 0 saturated heterocycles. The average molecular weight is 345 g/mol. The van der Waals surface area contributed by atoms with Crippen LogP contribution >= 0.6 is 24.2 Å². The lowest BCUT2D eigenvalue weighted by Crippen LogP contribution is -2.29. The fourth-order valence-corrected chi connectivity index (χ4v) is 4.49. The van der Waals surface area contributed by atoms with Gasteiger partial charge in [-0.3, -0.25) is 14.0 Å². The van der Waals surface area contributed by atoms with E-state index in [4.69, 9.17) is 12.2 Å². The van der Waals surface area contributed by atoms with Crippen LogP contribution in [0.25, 0.3) is 0 Å². The molecule has 1 N–H and O–H groups in total. The summed E-state index contributed by atoms with van der Waals surface area (Å²) < 4.78 is 28.7. The zero-order chi connectivity index (χ0) is 15.6. The van der Waals surface area contributed by atoms with Gasteiger partial charge in [-0.05, 0) is 19.1 Å². The van der Waals surface area contributed by atoms with Crippen molar-refractivity contribution in [3.8, 4) is 0 Å². The minimum Gasteiger partial charge on any atom is -0.296 e. The van der Waals surface area contributed by atoms with Crippen molar-refractivity contribution in [3.05, 3.63) is 29.8 Å². The molecule has 0 radical (unpaired) electrons. The minimum atomic E-state index is -3.44. The predicted molar refractivity (Wildman–Crippen MR) is 91.5 cm³/mol. The Labute approximate surface area is 135 Å². The number of benzene rings is 1. The highest BCUT2D eigenvalue weighted by atomic mass is 32.3. The van der Waals surface area contributed by atoms with E-state index in [0.717, 1.165) is 36.4 Å². The first-order chi connectivity index (χ1) is 9.81. The van der Waals surface area contributed by atoms with Crippen molar-refractivity contribution < 1.29 is 13.3 Å². The van der Waals surface area contributed by atoms with Crippen LogP contribution < -0.4 is 0 Å². The molecule has 1 heterocycles. The Morgan fingerprint density at radius 1 is 1.48 bits per heavy atom. The van der Waals surface area contributed by atoms with E-state index in [1.165, 1.54) is 0 Å². The highest BCUT2D eigenvalue weighted by Crippen LogP contribution is 2.19. The Balaban J connectivity index is 2.20. The van der Waals surface area contributed by atoms with Gasteiger partial charge in [0.2, 0.25) is 10.0 Å². The summed E-state index contributed by atoms with van der Waals surface area (Å²) in [4.78, 5) is 2.32. The van der Waals surface area contributed by atoms with Crippen molar-refractivity contribution in [2.75, 3.05) is 27.2 Å². The molecule has 1 aliphatic rings. The third-order valence-electron chi connectivity index (χ3n) is 3.23. The van der Waals surface area contributed by atoms with E-state index in [0.29, 0.717) is 9.09 Å². The molecule has 21 heavy (non-hydrogen) atoms. The predicted octanol–water partition coefficient (Wildman–Crippen LogP) is 2.26. The first-order valence-corrected chi connectivity index (χ1v) is 9.03. The van der Waals surface area contributed by atoms with Crippen molar-refractivity contribution in [3.63, 3.8) is 0 Å². The summed E-state index contributed by atoms with van der Waals surface area (Å²) in [5.41, 5.74) is 1.03. The molecular weight excluding hydrogens is 326 g/mol. The largest absolute Gasteiger partial charge is 0.298 e. The maximum atomic E-state index is 12.3. The average Bonchev–Trinajstić information content (AvgIpc) is 2.76. The van der Waals surface area contributed by atoms with Crippen LogP contribution in [0.1, 0.15) is 5.56 Å². The van der Waals surface area contributed by atoms with Crippen LogP contribution in [-0.2, 0) is 10.0 Å². The number of rotatable bonds is 3. The van der Waals surface area contributed by atoms with Gasteiger partial charge in [-0.15, -0.1) is 3.77 Å². The summed E-state index contributed by atoms with van der Waals surface area (Å²) in [6, 6.07) is 6.81. The van der Waals surface area contributed by atoms with Gasteiger partial charge in [-0.25, -0.2) is 4.21 Å². The maximum Gasteiger partial charge on any atom is 0.298 e. The highest BCUT2D eigenvalue weighted by Gasteiger charge is 2.29. The smallest absolute Gasteiger partial charge is 0.296 e. The lowest BCUT2D eigenvalue weighted by atomic mass is 10.2. The molecule has 0 bridgehead atoms. The Morgan fingerprint density at radius 2 is 2.10 bits per heavy atom. The molecule has 5 nitrogen and oxygen atoms in total. The molecule has 0 saturated carbocycles. The van der Waals surface area contributed by atoms with E-state index < -0.39 is 10.0 Å². The van der Waals surface area contributed by atoms with Crippen molar-refractivity contribution >= 4 is 44.2 Å². The molecule has 1 unspecified atom stereocenters. The van der Waals surface area contributed by atoms with Crippen LogP contribution in [0.15, 0.2) is 32.9 Å². The molecule has 0 fully saturated rings. The molecule has 8 heteroatoms. The van der Waals surface area contributed by atoms with E-state index >= 15 is 0 Å². The van der Waals surface area contributed by atoms with Gasteiger partial charge < -0.3 is 0 Å². The lowest BCUT2D eigenvalue weighted by molar-refractivity contribution is -0.484. The van der Waals surface area contributed by atoms with Gasteiger partial charge in [0.05, 0.1) is 19.0 Å². The Morgan fingerprint density at radius 3 is 2.62 bits per heavy atom. The van der Waals surface area contributed by atoms with Crippen molar-refractivity contribution in [2.24, 2.45) is 3.77 Å². The van der Waals surface area contributed by atoms with E-state index in [2.05, 4.69) is 3.77 Å². The van der Waals surface area contributed by atoms with E-state index in [1.54, 1.807) is 24.3 Å². The molecule has 114 valence electrons. The zero-order valence-corrected chi connectivity index (χ0v) is 14.6. The second kappa shape index (κ2) is 6.43. The lowest BCUT2D eigenvalue weighted by Gasteiger charge is -2.06. The minimum absolute atomic E-state index is 0.293. The number of hydrogen-bond acceptors (Lipinski definition) is 5. The second-order valence-corrected chi connectivity index (χ2v) is 8.25. The molecule has 0 aliphatic carbocycles. The molecule has 1 aromatic rings. The van der Waals surface area contributed by atoms with Crippen molar-refractivity contribution in [1.29, 1.82) is 0 Å². The summed E-state index contributed by atoms with van der Waals surface area (Å²) in [7, 11) is 0.456. The molecule has 1 aromatic carbocycles. The summed E-state index contributed by atoms with van der Waals surface area (Å²) in [5, 5.41) is 0. The zero-order valence-electron chi connectivity index (χ0n) is 12.1. The number of thiocarbonyl (C=S) groups is 1. The molecule has 2 rings (SSSR count). The molecule has 0 aromatic heterocycles. The molecular formula is C13H18N3O2S3+. The van der Waals surface area contributed by atoms with E-state index in [1.807, 2.05) is 30.5 Å². The monoisotopic (exact) mass is 344 g/mol. The number of hydrogen-bond donors (Lipinski definition) is 1. The quantitative estimate of drug-likeness (QED) is 0.518. The van der Waals surface area contributed by atoms with Gasteiger partial charge in [0.15, 0.2) is 4.20 Å². The van der Waals surface area contributed by atoms with Crippen LogP contribution in [0.2, 0.25) is 0 Å². The molecule has 1 aliphatic heterocycles. The Hall–Kier alpha value is -0.960. The number of likely N-dealkylation sites (N-methyl/N-ethyl adjacent to an activating group) is 2. The van der Waals surface area contributed by atoms with Crippen molar-refractivity contribution in [2.45, 2.75) is 11.8 Å². The maximum absolute atomic E-state index is 12.3. The molecule has 0 spiro atoms. The second-order valence-electron chi connectivity index (χ2n) is 4.93. The molecule has 0 amide bonds. The topological polar surface area (TPSA) is 55.9 Å². The Kier molecular flexibility index (Phi) is 5.03. The standard InChI is InChI=1S/C13H17N3O2S3/c1-10-4-6-11(7-5-10)21(17,18)14-20-13(19)12-15(2)8-9-16(12)3/h4-7H,8-9H2,1-3H3/p+1. The van der Waals surface area contributed by atoms with Crippen LogP contribution in [0.5, 0.6) is 0 Å². The van der Waals surface area contributed by atoms with E-state index in [-0.39, 0.29) is 0 Å². The molecule has 1 atom stereocenters. The van der Waals surface area contributed by atoms with Gasteiger partial charge in [-0.2, -0.15) is 0 Å². The third-order valence-corrected chi connectivity index (χ3v) is 5.97. The number of nitrogens with zero attached hydrogens (tertiary/aromatic N) is 3. The fourth-order valence-electron chi connectivity index (χ4n) is 2.00. The number of amidine groups is 1. The highest BCUT2D eigenvalue weighted by molar-refractivity contribution is 8.26. The Bertz CT molecular complexity index is 704. The van der Waals surface area contributed by atoms with Crippen LogP contribution in [0.4, 0.5) is 0 Å². The van der Waals surface area contributed by atoms with Gasteiger partial charge >= 0.3 is 0 Å².